The van der Waals surface area contributed by atoms with Crippen LogP contribution in [-0.2, 0) is 0 Å². The molecule has 17 heavy (non-hydrogen) atoms. The first-order chi connectivity index (χ1) is 8.33. The van der Waals surface area contributed by atoms with Gasteiger partial charge in [0.1, 0.15) is 6.23 Å². The normalized spacial score (nSPS) is 23.6. The van der Waals surface area contributed by atoms with Gasteiger partial charge in [0.05, 0.1) is 0 Å². The number of nitrogens with one attached hydrogen (secondary N) is 1. The molecular formula is C13H13NOS2. The van der Waals surface area contributed by atoms with Crippen LogP contribution in [0.4, 0.5) is 5.69 Å². The summed E-state index contributed by atoms with van der Waals surface area (Å²) in [4.78, 5) is 2.54. The molecule has 0 bridgehead atoms. The predicted molar refractivity (Wildman–Crippen MR) is 73.6 cm³/mol. The van der Waals surface area contributed by atoms with Crippen LogP contribution in [0.25, 0.3) is 0 Å². The van der Waals surface area contributed by atoms with E-state index in [-0.39, 0.29) is 0 Å². The number of thioether (sulfide) groups is 1. The van der Waals surface area contributed by atoms with Gasteiger partial charge in [0, 0.05) is 27.1 Å². The van der Waals surface area contributed by atoms with E-state index in [1.807, 2.05) is 30.0 Å². The lowest BCUT2D eigenvalue weighted by Crippen LogP contribution is -2.18. The summed E-state index contributed by atoms with van der Waals surface area (Å²) in [5.74, 6) is 0. The summed E-state index contributed by atoms with van der Waals surface area (Å²) in [5, 5.41) is 15.6. The number of benzene rings is 1. The number of aliphatic hydroxyl groups excluding tert-OH is 1. The minimum atomic E-state index is -0.474. The van der Waals surface area contributed by atoms with Crippen LogP contribution in [0.5, 0.6) is 0 Å². The number of fused-ring (bicyclic) bond motifs is 1. The van der Waals surface area contributed by atoms with E-state index in [0.29, 0.717) is 5.25 Å². The fraction of sp³-hybridized carbons (Fsp3) is 0.231. The molecule has 0 aliphatic carbocycles. The fourth-order valence-electron chi connectivity index (χ4n) is 1.98. The van der Waals surface area contributed by atoms with Crippen molar-refractivity contribution in [1.29, 1.82) is 0 Å². The van der Waals surface area contributed by atoms with Crippen LogP contribution in [0.1, 0.15) is 16.5 Å². The van der Waals surface area contributed by atoms with Crippen LogP contribution in [0.15, 0.2) is 46.7 Å². The van der Waals surface area contributed by atoms with Crippen molar-refractivity contribution in [1.82, 2.24) is 0 Å². The molecular weight excluding hydrogens is 250 g/mol. The third kappa shape index (κ3) is 2.34. The Morgan fingerprint density at radius 1 is 1.18 bits per heavy atom. The summed E-state index contributed by atoms with van der Waals surface area (Å²) in [6, 6.07) is 12.4. The minimum absolute atomic E-state index is 0.334. The van der Waals surface area contributed by atoms with E-state index in [0.717, 1.165) is 12.1 Å². The summed E-state index contributed by atoms with van der Waals surface area (Å²) in [6.07, 6.45) is 0.262. The molecule has 0 unspecified atom stereocenters. The molecule has 2 N–H and O–H groups in total. The highest BCUT2D eigenvalue weighted by molar-refractivity contribution is 7.99. The van der Waals surface area contributed by atoms with E-state index in [9.17, 15) is 5.11 Å². The van der Waals surface area contributed by atoms with Crippen molar-refractivity contribution in [3.05, 3.63) is 46.7 Å². The summed E-state index contributed by atoms with van der Waals surface area (Å²) < 4.78 is 0. The minimum Gasteiger partial charge on any atom is -0.374 e. The Labute approximate surface area is 109 Å². The van der Waals surface area contributed by atoms with Gasteiger partial charge in [-0.05, 0) is 23.6 Å². The first-order valence-corrected chi connectivity index (χ1v) is 7.32. The number of rotatable bonds is 1. The van der Waals surface area contributed by atoms with Gasteiger partial charge in [-0.2, -0.15) is 0 Å². The Balaban J connectivity index is 1.95. The van der Waals surface area contributed by atoms with Gasteiger partial charge in [-0.15, -0.1) is 23.1 Å². The lowest BCUT2D eigenvalue weighted by atomic mass is 10.2. The molecule has 2 aromatic rings. The smallest absolute Gasteiger partial charge is 0.125 e. The lowest BCUT2D eigenvalue weighted by molar-refractivity contribution is 0.193. The summed E-state index contributed by atoms with van der Waals surface area (Å²) >= 11 is 3.58. The van der Waals surface area contributed by atoms with Gasteiger partial charge in [-0.3, -0.25) is 0 Å². The molecule has 0 radical (unpaired) electrons. The molecule has 1 aliphatic heterocycles. The maximum absolute atomic E-state index is 9.99. The molecule has 0 fully saturated rings. The molecule has 3 rings (SSSR count). The van der Waals surface area contributed by atoms with Gasteiger partial charge < -0.3 is 10.4 Å². The monoisotopic (exact) mass is 263 g/mol. The number of aliphatic hydroxyl groups is 1. The molecule has 0 amide bonds. The zero-order valence-electron chi connectivity index (χ0n) is 9.17. The van der Waals surface area contributed by atoms with Gasteiger partial charge in [0.25, 0.3) is 0 Å². The molecule has 0 spiro atoms. The Hall–Kier alpha value is -0.970. The maximum Gasteiger partial charge on any atom is 0.125 e. The standard InChI is InChI=1S/C13H13NOS2/c15-13-8-12(11-6-3-7-16-11)17-10-5-2-1-4-9(10)14-13/h1-7,12-15H,8H2/t12-,13+/m1/s1. The zero-order chi connectivity index (χ0) is 11.7. The molecule has 1 aliphatic rings. The third-order valence-electron chi connectivity index (χ3n) is 2.78. The molecule has 2 nitrogen and oxygen atoms in total. The predicted octanol–water partition coefficient (Wildman–Crippen LogP) is 3.72. The second-order valence-corrected chi connectivity index (χ2v) is 6.24. The molecule has 2 heterocycles. The van der Waals surface area contributed by atoms with Gasteiger partial charge in [0.15, 0.2) is 0 Å². The number of para-hydroxylation sites is 1. The van der Waals surface area contributed by atoms with E-state index in [1.54, 1.807) is 11.3 Å². The molecule has 0 saturated heterocycles. The molecule has 1 aromatic heterocycles. The van der Waals surface area contributed by atoms with E-state index in [4.69, 9.17) is 0 Å². The maximum atomic E-state index is 9.99. The van der Waals surface area contributed by atoms with Crippen LogP contribution in [0, 0.1) is 0 Å². The molecule has 2 atom stereocenters. The Morgan fingerprint density at radius 3 is 2.88 bits per heavy atom. The van der Waals surface area contributed by atoms with Crippen LogP contribution in [0.2, 0.25) is 0 Å². The van der Waals surface area contributed by atoms with E-state index >= 15 is 0 Å². The zero-order valence-corrected chi connectivity index (χ0v) is 10.8. The highest BCUT2D eigenvalue weighted by Gasteiger charge is 2.23. The van der Waals surface area contributed by atoms with Crippen molar-refractivity contribution in [2.45, 2.75) is 22.8 Å². The Kier molecular flexibility index (Phi) is 3.09. The molecule has 1 aromatic carbocycles. The second-order valence-electron chi connectivity index (χ2n) is 4.01. The lowest BCUT2D eigenvalue weighted by Gasteiger charge is -2.14. The van der Waals surface area contributed by atoms with Crippen molar-refractivity contribution in [2.75, 3.05) is 5.32 Å². The van der Waals surface area contributed by atoms with E-state index < -0.39 is 6.23 Å². The molecule has 4 heteroatoms. The van der Waals surface area contributed by atoms with Crippen LogP contribution in [-0.4, -0.2) is 11.3 Å². The highest BCUT2D eigenvalue weighted by atomic mass is 32.2. The molecule has 0 saturated carbocycles. The van der Waals surface area contributed by atoms with Crippen LogP contribution in [0.3, 0.4) is 0 Å². The fourth-order valence-corrected chi connectivity index (χ4v) is 4.20. The van der Waals surface area contributed by atoms with Crippen molar-refractivity contribution in [3.8, 4) is 0 Å². The largest absolute Gasteiger partial charge is 0.374 e. The quantitative estimate of drug-likeness (QED) is 0.822. The van der Waals surface area contributed by atoms with Gasteiger partial charge in [-0.25, -0.2) is 0 Å². The number of thiophene rings is 1. The average Bonchev–Trinajstić information content (AvgIpc) is 2.79. The van der Waals surface area contributed by atoms with Crippen LogP contribution < -0.4 is 5.32 Å². The Bertz CT molecular complexity index is 498. The summed E-state index contributed by atoms with van der Waals surface area (Å²) in [7, 11) is 0. The van der Waals surface area contributed by atoms with Crippen molar-refractivity contribution in [2.24, 2.45) is 0 Å². The highest BCUT2D eigenvalue weighted by Crippen LogP contribution is 2.45. The van der Waals surface area contributed by atoms with E-state index in [2.05, 4.69) is 28.9 Å². The topological polar surface area (TPSA) is 32.3 Å². The number of hydrogen-bond acceptors (Lipinski definition) is 4. The van der Waals surface area contributed by atoms with Crippen molar-refractivity contribution in [3.63, 3.8) is 0 Å². The van der Waals surface area contributed by atoms with Crippen molar-refractivity contribution >= 4 is 28.8 Å². The summed E-state index contributed by atoms with van der Waals surface area (Å²) in [5.41, 5.74) is 1.03. The second kappa shape index (κ2) is 4.72. The number of anilines is 1. The Morgan fingerprint density at radius 2 is 2.06 bits per heavy atom. The first kappa shape index (κ1) is 11.1. The van der Waals surface area contributed by atoms with Crippen molar-refractivity contribution < 1.29 is 5.11 Å². The van der Waals surface area contributed by atoms with Gasteiger partial charge in [-0.1, -0.05) is 18.2 Å². The summed E-state index contributed by atoms with van der Waals surface area (Å²) in [6.45, 7) is 0. The first-order valence-electron chi connectivity index (χ1n) is 5.56. The van der Waals surface area contributed by atoms with Crippen LogP contribution >= 0.6 is 23.1 Å². The number of hydrogen-bond donors (Lipinski definition) is 2. The van der Waals surface area contributed by atoms with Gasteiger partial charge >= 0.3 is 0 Å². The van der Waals surface area contributed by atoms with E-state index in [1.165, 1.54) is 9.77 Å². The third-order valence-corrected chi connectivity index (χ3v) is 5.25. The SMILES string of the molecule is O[C@H]1C[C@H](c2cccs2)Sc2ccccc2N1. The molecule has 88 valence electrons. The average molecular weight is 263 g/mol. The van der Waals surface area contributed by atoms with Gasteiger partial charge in [0.2, 0.25) is 0 Å².